The van der Waals surface area contributed by atoms with E-state index in [2.05, 4.69) is 10.6 Å². The molecule has 7 heteroatoms. The first-order valence-corrected chi connectivity index (χ1v) is 10.7. The molecule has 0 atom stereocenters. The Hall–Kier alpha value is -2.80. The van der Waals surface area contributed by atoms with Crippen LogP contribution in [0.3, 0.4) is 0 Å². The van der Waals surface area contributed by atoms with Crippen molar-refractivity contribution in [3.63, 3.8) is 0 Å². The van der Waals surface area contributed by atoms with Crippen molar-refractivity contribution in [3.05, 3.63) is 59.2 Å². The molecule has 2 aromatic rings. The third kappa shape index (κ3) is 5.38. The number of hydrogen-bond acceptors (Lipinski definition) is 5. The minimum atomic E-state index is -0.227. The zero-order chi connectivity index (χ0) is 20.8. The summed E-state index contributed by atoms with van der Waals surface area (Å²) in [6.45, 7) is 4.97. The summed E-state index contributed by atoms with van der Waals surface area (Å²) in [5.74, 6) is 1.69. The third-order valence-corrected chi connectivity index (χ3v) is 5.80. The second-order valence-corrected chi connectivity index (χ2v) is 8.15. The second kappa shape index (κ2) is 9.60. The van der Waals surface area contributed by atoms with Gasteiger partial charge in [-0.1, -0.05) is 18.2 Å². The van der Waals surface area contributed by atoms with Gasteiger partial charge in [-0.05, 0) is 43.7 Å². The Balaban J connectivity index is 1.63. The minimum absolute atomic E-state index is 0.0388. The van der Waals surface area contributed by atoms with Gasteiger partial charge in [0, 0.05) is 47.1 Å². The zero-order valence-corrected chi connectivity index (χ0v) is 17.5. The summed E-state index contributed by atoms with van der Waals surface area (Å²) in [5.41, 5.74) is 3.38. The van der Waals surface area contributed by atoms with Crippen molar-refractivity contribution in [2.24, 2.45) is 0 Å². The van der Waals surface area contributed by atoms with Crippen LogP contribution in [0.25, 0.3) is 0 Å². The molecule has 2 amide bonds. The van der Waals surface area contributed by atoms with Gasteiger partial charge in [-0.3, -0.25) is 14.4 Å². The number of carbonyl (C=O) groups is 3. The van der Waals surface area contributed by atoms with E-state index in [0.717, 1.165) is 35.8 Å². The van der Waals surface area contributed by atoms with Gasteiger partial charge in [-0.2, -0.15) is 11.8 Å². The topological polar surface area (TPSA) is 78.5 Å². The summed E-state index contributed by atoms with van der Waals surface area (Å²) in [5, 5.41) is 5.90. The van der Waals surface area contributed by atoms with Crippen molar-refractivity contribution in [3.8, 4) is 0 Å². The maximum atomic E-state index is 12.8. The molecule has 6 nitrogen and oxygen atoms in total. The first-order valence-electron chi connectivity index (χ1n) is 9.57. The highest BCUT2D eigenvalue weighted by Crippen LogP contribution is 2.22. The summed E-state index contributed by atoms with van der Waals surface area (Å²) in [6.07, 6.45) is 0. The standard InChI is InChI=1S/C22H25N3O3S/c1-15-19(22(28)25-9-11-29-12-10-25)7-4-8-20(15)23-14-21(27)24-18-6-3-5-17(13-18)16(2)26/h3-8,13,23H,9-12,14H2,1-2H3,(H,24,27). The number of thioether (sulfide) groups is 1. The van der Waals surface area contributed by atoms with Gasteiger partial charge in [0.25, 0.3) is 5.91 Å². The highest BCUT2D eigenvalue weighted by molar-refractivity contribution is 7.99. The van der Waals surface area contributed by atoms with Crippen molar-refractivity contribution >= 4 is 40.7 Å². The molecule has 0 aliphatic carbocycles. The molecule has 1 aliphatic heterocycles. The fraction of sp³-hybridized carbons (Fsp3) is 0.318. The summed E-state index contributed by atoms with van der Waals surface area (Å²) >= 11 is 1.86. The number of Topliss-reactive ketones (excluding diaryl/α,β-unsaturated/α-hetero) is 1. The van der Waals surface area contributed by atoms with Crippen molar-refractivity contribution in [2.45, 2.75) is 13.8 Å². The van der Waals surface area contributed by atoms with Gasteiger partial charge in [0.05, 0.1) is 6.54 Å². The largest absolute Gasteiger partial charge is 0.376 e. The van der Waals surface area contributed by atoms with Crippen molar-refractivity contribution in [2.75, 3.05) is 41.8 Å². The molecule has 1 fully saturated rings. The normalized spacial score (nSPS) is 13.7. The van der Waals surface area contributed by atoms with Gasteiger partial charge in [0.1, 0.15) is 0 Å². The van der Waals surface area contributed by atoms with Crippen LogP contribution in [0.4, 0.5) is 11.4 Å². The molecule has 0 bridgehead atoms. The number of ketones is 1. The molecule has 29 heavy (non-hydrogen) atoms. The lowest BCUT2D eigenvalue weighted by atomic mass is 10.1. The van der Waals surface area contributed by atoms with Gasteiger partial charge in [0.15, 0.2) is 5.78 Å². The fourth-order valence-corrected chi connectivity index (χ4v) is 4.10. The molecule has 1 saturated heterocycles. The Bertz CT molecular complexity index is 923. The molecule has 0 saturated carbocycles. The number of nitrogens with one attached hydrogen (secondary N) is 2. The van der Waals surface area contributed by atoms with E-state index in [1.54, 1.807) is 24.3 Å². The van der Waals surface area contributed by atoms with Crippen LogP contribution in [0.5, 0.6) is 0 Å². The lowest BCUT2D eigenvalue weighted by Gasteiger charge is -2.27. The molecule has 0 unspecified atom stereocenters. The molecule has 0 aromatic heterocycles. The van der Waals surface area contributed by atoms with Gasteiger partial charge < -0.3 is 15.5 Å². The van der Waals surface area contributed by atoms with E-state index in [9.17, 15) is 14.4 Å². The molecule has 3 rings (SSSR count). The molecule has 152 valence electrons. The van der Waals surface area contributed by atoms with Gasteiger partial charge in [0.2, 0.25) is 5.91 Å². The number of carbonyl (C=O) groups excluding carboxylic acids is 3. The van der Waals surface area contributed by atoms with Crippen LogP contribution in [-0.4, -0.2) is 53.6 Å². The first kappa shape index (κ1) is 20.9. The van der Waals surface area contributed by atoms with Crippen LogP contribution >= 0.6 is 11.8 Å². The summed E-state index contributed by atoms with van der Waals surface area (Å²) in [6, 6.07) is 12.4. The molecule has 2 aromatic carbocycles. The molecule has 2 N–H and O–H groups in total. The molecule has 0 radical (unpaired) electrons. The molecular weight excluding hydrogens is 386 g/mol. The Kier molecular flexibility index (Phi) is 6.93. The fourth-order valence-electron chi connectivity index (χ4n) is 3.19. The van der Waals surface area contributed by atoms with Crippen LogP contribution in [0.15, 0.2) is 42.5 Å². The number of nitrogens with zero attached hydrogens (tertiary/aromatic N) is 1. The minimum Gasteiger partial charge on any atom is -0.376 e. The van der Waals surface area contributed by atoms with Crippen molar-refractivity contribution in [1.29, 1.82) is 0 Å². The SMILES string of the molecule is CC(=O)c1cccc(NC(=O)CNc2cccc(C(=O)N3CCSCC3)c2C)c1. The molecule has 1 aliphatic rings. The van der Waals surface area contributed by atoms with Crippen LogP contribution in [-0.2, 0) is 4.79 Å². The number of rotatable bonds is 6. The van der Waals surface area contributed by atoms with E-state index < -0.39 is 0 Å². The molecular formula is C22H25N3O3S. The van der Waals surface area contributed by atoms with Gasteiger partial charge in [-0.25, -0.2) is 0 Å². The Morgan fingerprint density at radius 2 is 1.79 bits per heavy atom. The number of amides is 2. The Morgan fingerprint density at radius 1 is 1.07 bits per heavy atom. The predicted molar refractivity (Wildman–Crippen MR) is 118 cm³/mol. The quantitative estimate of drug-likeness (QED) is 0.712. The molecule has 0 spiro atoms. The number of benzene rings is 2. The van der Waals surface area contributed by atoms with E-state index in [1.165, 1.54) is 6.92 Å². The Labute approximate surface area is 175 Å². The lowest BCUT2D eigenvalue weighted by molar-refractivity contribution is -0.114. The Morgan fingerprint density at radius 3 is 2.52 bits per heavy atom. The average molecular weight is 412 g/mol. The summed E-state index contributed by atoms with van der Waals surface area (Å²) in [7, 11) is 0. The first-order chi connectivity index (χ1) is 14.0. The van der Waals surface area contributed by atoms with Gasteiger partial charge >= 0.3 is 0 Å². The number of anilines is 2. The predicted octanol–water partition coefficient (Wildman–Crippen LogP) is 3.44. The summed E-state index contributed by atoms with van der Waals surface area (Å²) in [4.78, 5) is 38.5. The van der Waals surface area contributed by atoms with Gasteiger partial charge in [-0.15, -0.1) is 0 Å². The van der Waals surface area contributed by atoms with Crippen LogP contribution in [0.2, 0.25) is 0 Å². The monoisotopic (exact) mass is 411 g/mol. The highest BCUT2D eigenvalue weighted by Gasteiger charge is 2.20. The van der Waals surface area contributed by atoms with Crippen LogP contribution in [0, 0.1) is 6.92 Å². The maximum absolute atomic E-state index is 12.8. The van der Waals surface area contributed by atoms with Crippen LogP contribution < -0.4 is 10.6 Å². The third-order valence-electron chi connectivity index (χ3n) is 4.85. The average Bonchev–Trinajstić information content (AvgIpc) is 2.73. The lowest BCUT2D eigenvalue weighted by Crippen LogP contribution is -2.38. The molecule has 1 heterocycles. The van der Waals surface area contributed by atoms with Crippen molar-refractivity contribution < 1.29 is 14.4 Å². The van der Waals surface area contributed by atoms with E-state index in [0.29, 0.717) is 16.8 Å². The van der Waals surface area contributed by atoms with E-state index in [4.69, 9.17) is 0 Å². The van der Waals surface area contributed by atoms with E-state index in [-0.39, 0.29) is 24.1 Å². The zero-order valence-electron chi connectivity index (χ0n) is 16.7. The van der Waals surface area contributed by atoms with Crippen LogP contribution in [0.1, 0.15) is 33.2 Å². The summed E-state index contributed by atoms with van der Waals surface area (Å²) < 4.78 is 0. The second-order valence-electron chi connectivity index (χ2n) is 6.92. The number of hydrogen-bond donors (Lipinski definition) is 2. The van der Waals surface area contributed by atoms with E-state index >= 15 is 0 Å². The van der Waals surface area contributed by atoms with E-state index in [1.807, 2.05) is 41.8 Å². The van der Waals surface area contributed by atoms with Crippen molar-refractivity contribution in [1.82, 2.24) is 4.90 Å². The smallest absolute Gasteiger partial charge is 0.254 e. The highest BCUT2D eigenvalue weighted by atomic mass is 32.2. The maximum Gasteiger partial charge on any atom is 0.254 e.